The molecule has 1 fully saturated rings. The zero-order chi connectivity index (χ0) is 23.4. The molecule has 3 rings (SSSR count). The van der Waals surface area contributed by atoms with Crippen molar-refractivity contribution >= 4 is 39.1 Å². The molecule has 2 aromatic carbocycles. The van der Waals surface area contributed by atoms with Crippen molar-refractivity contribution in [3.63, 3.8) is 0 Å². The SMILES string of the molecule is CCN(CC)CCN1C(=O)C(=O)/C(=C(/O)c2ccc(Br)cc2)[C@H]1c1ccc([N+](=O)[O-])cc1. The van der Waals surface area contributed by atoms with Crippen LogP contribution in [0.25, 0.3) is 5.76 Å². The molecule has 1 saturated heterocycles. The predicted octanol–water partition coefficient (Wildman–Crippen LogP) is 4.12. The van der Waals surface area contributed by atoms with Crippen molar-refractivity contribution in [2.75, 3.05) is 26.2 Å². The molecular formula is C23H24BrN3O5. The monoisotopic (exact) mass is 501 g/mol. The number of hydrogen-bond donors (Lipinski definition) is 1. The molecule has 1 heterocycles. The van der Waals surface area contributed by atoms with E-state index in [1.807, 2.05) is 13.8 Å². The smallest absolute Gasteiger partial charge is 0.295 e. The molecular weight excluding hydrogens is 478 g/mol. The van der Waals surface area contributed by atoms with E-state index in [9.17, 15) is 24.8 Å². The third-order valence-corrected chi connectivity index (χ3v) is 6.16. The van der Waals surface area contributed by atoms with Crippen molar-refractivity contribution in [3.8, 4) is 0 Å². The highest BCUT2D eigenvalue weighted by molar-refractivity contribution is 9.10. The molecule has 1 amide bonds. The summed E-state index contributed by atoms with van der Waals surface area (Å²) in [4.78, 5) is 40.1. The van der Waals surface area contributed by atoms with Crippen LogP contribution in [0.4, 0.5) is 5.69 Å². The highest BCUT2D eigenvalue weighted by Crippen LogP contribution is 2.39. The minimum Gasteiger partial charge on any atom is -0.507 e. The molecule has 1 N–H and O–H groups in total. The second-order valence-electron chi connectivity index (χ2n) is 7.37. The van der Waals surface area contributed by atoms with E-state index < -0.39 is 22.7 Å². The molecule has 32 heavy (non-hydrogen) atoms. The average Bonchev–Trinajstić information content (AvgIpc) is 3.04. The first-order valence-electron chi connectivity index (χ1n) is 10.3. The van der Waals surface area contributed by atoms with Gasteiger partial charge < -0.3 is 14.9 Å². The molecule has 2 aromatic rings. The Morgan fingerprint density at radius 1 is 1.09 bits per heavy atom. The molecule has 8 nitrogen and oxygen atoms in total. The van der Waals surface area contributed by atoms with Gasteiger partial charge in [-0.3, -0.25) is 19.7 Å². The van der Waals surface area contributed by atoms with Gasteiger partial charge in [0.15, 0.2) is 0 Å². The first-order chi connectivity index (χ1) is 15.3. The minimum atomic E-state index is -0.838. The van der Waals surface area contributed by atoms with Crippen molar-refractivity contribution in [1.29, 1.82) is 0 Å². The van der Waals surface area contributed by atoms with Crippen LogP contribution in [0.2, 0.25) is 0 Å². The summed E-state index contributed by atoms with van der Waals surface area (Å²) in [6.07, 6.45) is 0. The summed E-state index contributed by atoms with van der Waals surface area (Å²) in [5, 5.41) is 22.1. The Morgan fingerprint density at radius 3 is 2.22 bits per heavy atom. The molecule has 0 saturated carbocycles. The average molecular weight is 502 g/mol. The Bertz CT molecular complexity index is 1050. The number of nitrogens with zero attached hydrogens (tertiary/aromatic N) is 3. The molecule has 0 aromatic heterocycles. The quantitative estimate of drug-likeness (QED) is 0.192. The fraction of sp³-hybridized carbons (Fsp3) is 0.304. The number of likely N-dealkylation sites (N-methyl/N-ethyl adjacent to an activating group) is 1. The van der Waals surface area contributed by atoms with E-state index in [0.29, 0.717) is 17.7 Å². The van der Waals surface area contributed by atoms with Gasteiger partial charge in [0.2, 0.25) is 0 Å². The Morgan fingerprint density at radius 2 is 1.69 bits per heavy atom. The van der Waals surface area contributed by atoms with Gasteiger partial charge in [0.25, 0.3) is 17.4 Å². The zero-order valence-electron chi connectivity index (χ0n) is 17.8. The normalized spacial score (nSPS) is 17.9. The maximum atomic E-state index is 13.0. The number of nitro benzene ring substituents is 1. The lowest BCUT2D eigenvalue weighted by atomic mass is 9.95. The van der Waals surface area contributed by atoms with Crippen molar-refractivity contribution in [3.05, 3.63) is 79.8 Å². The van der Waals surface area contributed by atoms with E-state index in [4.69, 9.17) is 0 Å². The van der Waals surface area contributed by atoms with E-state index in [1.54, 1.807) is 24.3 Å². The number of hydrogen-bond acceptors (Lipinski definition) is 6. The Hall–Kier alpha value is -3.04. The number of carbonyl (C=O) groups is 2. The van der Waals surface area contributed by atoms with E-state index >= 15 is 0 Å². The van der Waals surface area contributed by atoms with Crippen molar-refractivity contribution < 1.29 is 19.6 Å². The van der Waals surface area contributed by atoms with Crippen LogP contribution in [0.3, 0.4) is 0 Å². The number of carbonyl (C=O) groups excluding carboxylic acids is 2. The summed E-state index contributed by atoms with van der Waals surface area (Å²) >= 11 is 3.34. The number of halogens is 1. The number of likely N-dealkylation sites (tertiary alicyclic amines) is 1. The lowest BCUT2D eigenvalue weighted by Crippen LogP contribution is -2.38. The second-order valence-corrected chi connectivity index (χ2v) is 8.29. The molecule has 0 radical (unpaired) electrons. The first-order valence-corrected chi connectivity index (χ1v) is 11.1. The molecule has 1 aliphatic rings. The van der Waals surface area contributed by atoms with Gasteiger partial charge in [-0.25, -0.2) is 0 Å². The van der Waals surface area contributed by atoms with Crippen LogP contribution in [0, 0.1) is 10.1 Å². The number of non-ortho nitro benzene ring substituents is 1. The maximum absolute atomic E-state index is 13.0. The fourth-order valence-corrected chi connectivity index (χ4v) is 4.05. The summed E-state index contributed by atoms with van der Waals surface area (Å²) in [7, 11) is 0. The summed E-state index contributed by atoms with van der Waals surface area (Å²) in [5.41, 5.74) is 0.808. The number of Topliss-reactive ketones (excluding diaryl/α,β-unsaturated/α-hetero) is 1. The molecule has 1 atom stereocenters. The summed E-state index contributed by atoms with van der Waals surface area (Å²) < 4.78 is 0.806. The van der Waals surface area contributed by atoms with Gasteiger partial charge >= 0.3 is 0 Å². The van der Waals surface area contributed by atoms with Crippen LogP contribution in [0.15, 0.2) is 58.6 Å². The first kappa shape index (κ1) is 23.6. The van der Waals surface area contributed by atoms with Gasteiger partial charge in [-0.15, -0.1) is 0 Å². The minimum absolute atomic E-state index is 0.0225. The van der Waals surface area contributed by atoms with E-state index in [2.05, 4.69) is 20.8 Å². The standard InChI is InChI=1S/C23H24BrN3O5/c1-3-25(4-2)13-14-26-20(15-7-11-18(12-8-15)27(31)32)19(22(29)23(26)30)21(28)16-5-9-17(24)10-6-16/h5-12,20,28H,3-4,13-14H2,1-2H3/b21-19+/t20-/m1/s1. The number of nitro groups is 1. The van der Waals surface area contributed by atoms with Gasteiger partial charge in [-0.05, 0) is 42.9 Å². The van der Waals surface area contributed by atoms with Gasteiger partial charge in [0.05, 0.1) is 16.5 Å². The molecule has 0 unspecified atom stereocenters. The fourth-order valence-electron chi connectivity index (χ4n) is 3.79. The number of aliphatic hydroxyl groups is 1. The van der Waals surface area contributed by atoms with Crippen molar-refractivity contribution in [1.82, 2.24) is 9.80 Å². The highest BCUT2D eigenvalue weighted by atomic mass is 79.9. The van der Waals surface area contributed by atoms with Crippen molar-refractivity contribution in [2.24, 2.45) is 0 Å². The van der Waals surface area contributed by atoms with Gasteiger partial charge in [-0.2, -0.15) is 0 Å². The van der Waals surface area contributed by atoms with E-state index in [-0.39, 0.29) is 23.6 Å². The Labute approximate surface area is 194 Å². The Kier molecular flexibility index (Phi) is 7.42. The van der Waals surface area contributed by atoms with Crippen LogP contribution in [0.5, 0.6) is 0 Å². The van der Waals surface area contributed by atoms with Crippen LogP contribution < -0.4 is 0 Å². The largest absolute Gasteiger partial charge is 0.507 e. The lowest BCUT2D eigenvalue weighted by molar-refractivity contribution is -0.384. The van der Waals surface area contributed by atoms with Crippen LogP contribution in [-0.2, 0) is 9.59 Å². The van der Waals surface area contributed by atoms with Crippen LogP contribution in [0.1, 0.15) is 31.0 Å². The molecule has 0 spiro atoms. The third-order valence-electron chi connectivity index (χ3n) is 5.63. The molecule has 9 heteroatoms. The molecule has 1 aliphatic heterocycles. The maximum Gasteiger partial charge on any atom is 0.295 e. The van der Waals surface area contributed by atoms with Crippen LogP contribution >= 0.6 is 15.9 Å². The lowest BCUT2D eigenvalue weighted by Gasteiger charge is -2.28. The summed E-state index contributed by atoms with van der Waals surface area (Å²) in [5.74, 6) is -1.74. The number of amides is 1. The van der Waals surface area contributed by atoms with Crippen molar-refractivity contribution in [2.45, 2.75) is 19.9 Å². The third kappa shape index (κ3) is 4.73. The molecule has 168 valence electrons. The summed E-state index contributed by atoms with van der Waals surface area (Å²) in [6.45, 7) is 6.45. The highest BCUT2D eigenvalue weighted by Gasteiger charge is 2.46. The number of rotatable bonds is 8. The number of ketones is 1. The van der Waals surface area contributed by atoms with Crippen LogP contribution in [-0.4, -0.2) is 57.7 Å². The molecule has 0 bridgehead atoms. The number of aliphatic hydroxyl groups excluding tert-OH is 1. The molecule has 0 aliphatic carbocycles. The topological polar surface area (TPSA) is 104 Å². The van der Waals surface area contributed by atoms with Gasteiger partial charge in [0.1, 0.15) is 5.76 Å². The second kappa shape index (κ2) is 10.1. The van der Waals surface area contributed by atoms with Gasteiger partial charge in [0, 0.05) is 35.3 Å². The van der Waals surface area contributed by atoms with E-state index in [1.165, 1.54) is 29.2 Å². The zero-order valence-corrected chi connectivity index (χ0v) is 19.4. The predicted molar refractivity (Wildman–Crippen MR) is 124 cm³/mol. The van der Waals surface area contributed by atoms with Gasteiger partial charge in [-0.1, -0.05) is 41.9 Å². The number of benzene rings is 2. The Balaban J connectivity index is 2.10. The van der Waals surface area contributed by atoms with E-state index in [0.717, 1.165) is 17.6 Å². The summed E-state index contributed by atoms with van der Waals surface area (Å²) in [6, 6.07) is 11.6.